The number of nitrogens with zero attached hydrogens (tertiary/aromatic N) is 1. The lowest BCUT2D eigenvalue weighted by Gasteiger charge is -2.14. The van der Waals surface area contributed by atoms with E-state index in [-0.39, 0.29) is 17.7 Å². The number of halogens is 1. The highest BCUT2D eigenvalue weighted by molar-refractivity contribution is 6.30. The maximum Gasteiger partial charge on any atom is 0.275 e. The number of quaternary nitrogens is 1. The Hall–Kier alpha value is -2.11. The zero-order valence-corrected chi connectivity index (χ0v) is 18.2. The predicted octanol–water partition coefficient (Wildman–Crippen LogP) is 2.22. The largest absolute Gasteiger partial charge is 0.349 e. The van der Waals surface area contributed by atoms with Gasteiger partial charge in [0, 0.05) is 34.6 Å². The molecule has 152 valence electrons. The number of aromatic nitrogens is 1. The van der Waals surface area contributed by atoms with E-state index in [1.54, 1.807) is 0 Å². The standard InChI is InChI=1S/C22H30ClN3O2/c1-15(2)24-22(28)14-25(5)13-21(27)20-12-16(3)26(17(20)4)11-10-18-6-8-19(23)9-7-18/h6-9,12,15H,10-11,13-14H2,1-5H3,(H,24,28)/p+1. The first-order valence-electron chi connectivity index (χ1n) is 9.72. The zero-order chi connectivity index (χ0) is 20.8. The predicted molar refractivity (Wildman–Crippen MR) is 113 cm³/mol. The number of aryl methyl sites for hydroxylation is 2. The monoisotopic (exact) mass is 404 g/mol. The molecule has 0 bridgehead atoms. The topological polar surface area (TPSA) is 55.5 Å². The van der Waals surface area contributed by atoms with Gasteiger partial charge in [-0.2, -0.15) is 0 Å². The summed E-state index contributed by atoms with van der Waals surface area (Å²) in [6.07, 6.45) is 0.877. The number of hydrogen-bond donors (Lipinski definition) is 2. The molecule has 0 saturated heterocycles. The van der Waals surface area contributed by atoms with Gasteiger partial charge in [0.25, 0.3) is 5.91 Å². The van der Waals surface area contributed by atoms with Crippen LogP contribution in [0, 0.1) is 13.8 Å². The zero-order valence-electron chi connectivity index (χ0n) is 17.4. The number of benzene rings is 1. The first-order valence-corrected chi connectivity index (χ1v) is 10.1. The van der Waals surface area contributed by atoms with E-state index in [0.29, 0.717) is 13.1 Å². The summed E-state index contributed by atoms with van der Waals surface area (Å²) in [7, 11) is 1.87. The van der Waals surface area contributed by atoms with Crippen molar-refractivity contribution >= 4 is 23.3 Å². The van der Waals surface area contributed by atoms with Crippen molar-refractivity contribution in [2.45, 2.75) is 46.7 Å². The Morgan fingerprint density at radius 2 is 1.79 bits per heavy atom. The number of carbonyl (C=O) groups excluding carboxylic acids is 2. The number of Topliss-reactive ketones (excluding diaryl/α,β-unsaturated/α-hetero) is 1. The second kappa shape index (κ2) is 9.89. The molecule has 1 atom stereocenters. The summed E-state index contributed by atoms with van der Waals surface area (Å²) in [6.45, 7) is 9.27. The molecule has 0 aliphatic heterocycles. The van der Waals surface area contributed by atoms with Crippen LogP contribution >= 0.6 is 11.6 Å². The average molecular weight is 405 g/mol. The van der Waals surface area contributed by atoms with E-state index >= 15 is 0 Å². The average Bonchev–Trinajstić information content (AvgIpc) is 2.88. The van der Waals surface area contributed by atoms with Crippen molar-refractivity contribution in [2.24, 2.45) is 0 Å². The Kier molecular flexibility index (Phi) is 7.84. The normalized spacial score (nSPS) is 12.2. The molecule has 5 nitrogen and oxygen atoms in total. The molecule has 6 heteroatoms. The molecular weight excluding hydrogens is 374 g/mol. The number of ketones is 1. The minimum Gasteiger partial charge on any atom is -0.349 e. The summed E-state index contributed by atoms with van der Waals surface area (Å²) in [5.74, 6) is 0.0365. The van der Waals surface area contributed by atoms with Crippen LogP contribution in [0.15, 0.2) is 30.3 Å². The summed E-state index contributed by atoms with van der Waals surface area (Å²) in [5.41, 5.74) is 4.02. The molecule has 2 aromatic rings. The summed E-state index contributed by atoms with van der Waals surface area (Å²) in [6, 6.07) is 9.92. The van der Waals surface area contributed by atoms with Crippen molar-refractivity contribution in [1.82, 2.24) is 9.88 Å². The molecule has 0 saturated carbocycles. The van der Waals surface area contributed by atoms with Gasteiger partial charge in [-0.3, -0.25) is 9.59 Å². The molecule has 0 fully saturated rings. The lowest BCUT2D eigenvalue weighted by molar-refractivity contribution is -0.862. The minimum atomic E-state index is -0.0336. The van der Waals surface area contributed by atoms with E-state index in [2.05, 4.69) is 9.88 Å². The van der Waals surface area contributed by atoms with Crippen LogP contribution in [-0.4, -0.2) is 42.4 Å². The summed E-state index contributed by atoms with van der Waals surface area (Å²) >= 11 is 5.95. The van der Waals surface area contributed by atoms with Crippen LogP contribution < -0.4 is 10.2 Å². The highest BCUT2D eigenvalue weighted by Crippen LogP contribution is 2.17. The Bertz CT molecular complexity index is 825. The second-order valence-electron chi connectivity index (χ2n) is 7.77. The number of nitrogens with one attached hydrogen (secondary N) is 2. The lowest BCUT2D eigenvalue weighted by atomic mass is 10.1. The maximum absolute atomic E-state index is 12.8. The van der Waals surface area contributed by atoms with Crippen LogP contribution in [0.3, 0.4) is 0 Å². The third kappa shape index (κ3) is 6.21. The number of rotatable bonds is 9. The van der Waals surface area contributed by atoms with Crippen molar-refractivity contribution in [3.63, 3.8) is 0 Å². The van der Waals surface area contributed by atoms with Crippen molar-refractivity contribution in [2.75, 3.05) is 20.1 Å². The number of carbonyl (C=O) groups is 2. The third-order valence-electron chi connectivity index (χ3n) is 4.79. The third-order valence-corrected chi connectivity index (χ3v) is 5.04. The molecule has 0 aliphatic rings. The van der Waals surface area contributed by atoms with Gasteiger partial charge < -0.3 is 14.8 Å². The first-order chi connectivity index (χ1) is 13.2. The van der Waals surface area contributed by atoms with Crippen molar-refractivity contribution in [1.29, 1.82) is 0 Å². The fourth-order valence-corrected chi connectivity index (χ4v) is 3.52. The molecule has 1 heterocycles. The molecule has 1 unspecified atom stereocenters. The molecule has 28 heavy (non-hydrogen) atoms. The SMILES string of the molecule is Cc1cc(C(=O)C[NH+](C)CC(=O)NC(C)C)c(C)n1CCc1ccc(Cl)cc1. The van der Waals surface area contributed by atoms with Gasteiger partial charge in [0.2, 0.25) is 5.78 Å². The van der Waals surface area contributed by atoms with Gasteiger partial charge in [-0.15, -0.1) is 0 Å². The molecule has 1 aromatic carbocycles. The summed E-state index contributed by atoms with van der Waals surface area (Å²) in [5, 5.41) is 3.60. The molecule has 1 amide bonds. The van der Waals surface area contributed by atoms with E-state index in [4.69, 9.17) is 11.6 Å². The minimum absolute atomic E-state index is 0.0336. The van der Waals surface area contributed by atoms with Crippen molar-refractivity contribution < 1.29 is 14.5 Å². The molecule has 0 radical (unpaired) electrons. The molecule has 0 spiro atoms. The lowest BCUT2D eigenvalue weighted by Crippen LogP contribution is -3.11. The van der Waals surface area contributed by atoms with E-state index in [1.165, 1.54) is 5.56 Å². The molecular formula is C22H31ClN3O2+. The number of amides is 1. The fourth-order valence-electron chi connectivity index (χ4n) is 3.40. The van der Waals surface area contributed by atoms with E-state index in [9.17, 15) is 9.59 Å². The Labute approximate surface area is 172 Å². The summed E-state index contributed by atoms with van der Waals surface area (Å²) < 4.78 is 2.18. The van der Waals surface area contributed by atoms with Gasteiger partial charge in [-0.05, 0) is 57.9 Å². The van der Waals surface area contributed by atoms with Crippen LogP contribution in [0.1, 0.15) is 41.2 Å². The van der Waals surface area contributed by atoms with Crippen LogP contribution in [0.25, 0.3) is 0 Å². The molecule has 0 aliphatic carbocycles. The van der Waals surface area contributed by atoms with Gasteiger partial charge in [0.15, 0.2) is 6.54 Å². The van der Waals surface area contributed by atoms with Crippen LogP contribution in [0.5, 0.6) is 0 Å². The quantitative estimate of drug-likeness (QED) is 0.630. The van der Waals surface area contributed by atoms with Crippen molar-refractivity contribution in [3.05, 3.63) is 57.9 Å². The van der Waals surface area contributed by atoms with Crippen LogP contribution in [0.4, 0.5) is 0 Å². The Morgan fingerprint density at radius 3 is 2.39 bits per heavy atom. The number of hydrogen-bond acceptors (Lipinski definition) is 2. The highest BCUT2D eigenvalue weighted by atomic mass is 35.5. The van der Waals surface area contributed by atoms with Gasteiger partial charge in [-0.25, -0.2) is 0 Å². The highest BCUT2D eigenvalue weighted by Gasteiger charge is 2.20. The van der Waals surface area contributed by atoms with Gasteiger partial charge in [0.1, 0.15) is 6.54 Å². The van der Waals surface area contributed by atoms with Gasteiger partial charge in [-0.1, -0.05) is 23.7 Å². The smallest absolute Gasteiger partial charge is 0.275 e. The van der Waals surface area contributed by atoms with Crippen molar-refractivity contribution in [3.8, 4) is 0 Å². The maximum atomic E-state index is 12.8. The van der Waals surface area contributed by atoms with Gasteiger partial charge in [0.05, 0.1) is 7.05 Å². The van der Waals surface area contributed by atoms with Crippen LogP contribution in [-0.2, 0) is 17.8 Å². The fraction of sp³-hybridized carbons (Fsp3) is 0.455. The molecule has 2 N–H and O–H groups in total. The van der Waals surface area contributed by atoms with E-state index in [1.807, 2.05) is 65.1 Å². The van der Waals surface area contributed by atoms with Gasteiger partial charge >= 0.3 is 0 Å². The Balaban J connectivity index is 2.00. The molecule has 1 aromatic heterocycles. The number of likely N-dealkylation sites (N-methyl/N-ethyl adjacent to an activating group) is 1. The van der Waals surface area contributed by atoms with E-state index in [0.717, 1.165) is 39.8 Å². The Morgan fingerprint density at radius 1 is 1.14 bits per heavy atom. The first kappa shape index (κ1) is 22.2. The second-order valence-corrected chi connectivity index (χ2v) is 8.21. The van der Waals surface area contributed by atoms with Crippen LogP contribution in [0.2, 0.25) is 5.02 Å². The van der Waals surface area contributed by atoms with E-state index < -0.39 is 0 Å². The molecule has 2 rings (SSSR count). The summed E-state index contributed by atoms with van der Waals surface area (Å²) in [4.78, 5) is 25.6.